The van der Waals surface area contributed by atoms with Gasteiger partial charge in [0.05, 0.1) is 5.92 Å². The fourth-order valence-electron chi connectivity index (χ4n) is 3.63. The average molecular weight is 315 g/mol. The molecule has 1 aromatic rings. The Morgan fingerprint density at radius 3 is 2.39 bits per heavy atom. The minimum absolute atomic E-state index is 0.0353. The van der Waals surface area contributed by atoms with Crippen molar-refractivity contribution in [2.24, 2.45) is 11.8 Å². The van der Waals surface area contributed by atoms with Gasteiger partial charge in [-0.05, 0) is 48.6 Å². The minimum atomic E-state index is -0.740. The lowest BCUT2D eigenvalue weighted by Gasteiger charge is -2.12. The third-order valence-corrected chi connectivity index (χ3v) is 5.29. The number of carbonyl (C=O) groups is 2. The first-order chi connectivity index (χ1) is 11.0. The molecule has 4 nitrogen and oxygen atoms in total. The second-order valence-electron chi connectivity index (χ2n) is 7.32. The first-order valence-electron chi connectivity index (χ1n) is 8.58. The molecule has 2 fully saturated rings. The van der Waals surface area contributed by atoms with E-state index in [0.717, 1.165) is 12.8 Å². The summed E-state index contributed by atoms with van der Waals surface area (Å²) in [6, 6.07) is 8.63. The van der Waals surface area contributed by atoms with Crippen LogP contribution in [0.2, 0.25) is 0 Å². The highest BCUT2D eigenvalue weighted by atomic mass is 16.4. The maximum atomic E-state index is 12.3. The van der Waals surface area contributed by atoms with E-state index in [0.29, 0.717) is 24.7 Å². The van der Waals surface area contributed by atoms with Gasteiger partial charge in [0.25, 0.3) is 0 Å². The zero-order valence-electron chi connectivity index (χ0n) is 13.8. The molecule has 4 atom stereocenters. The van der Waals surface area contributed by atoms with Gasteiger partial charge in [0, 0.05) is 12.0 Å². The van der Waals surface area contributed by atoms with E-state index in [-0.39, 0.29) is 23.8 Å². The predicted molar refractivity (Wildman–Crippen MR) is 88.3 cm³/mol. The second-order valence-corrected chi connectivity index (χ2v) is 7.32. The molecular formula is C19H25NO3. The van der Waals surface area contributed by atoms with E-state index in [1.165, 1.54) is 11.1 Å². The van der Waals surface area contributed by atoms with Crippen molar-refractivity contribution in [2.75, 3.05) is 0 Å². The maximum absolute atomic E-state index is 12.3. The lowest BCUT2D eigenvalue weighted by Crippen LogP contribution is -2.34. The summed E-state index contributed by atoms with van der Waals surface area (Å²) >= 11 is 0. The maximum Gasteiger partial charge on any atom is 0.306 e. The highest BCUT2D eigenvalue weighted by Crippen LogP contribution is 2.48. The summed E-state index contributed by atoms with van der Waals surface area (Å²) in [6.07, 6.45) is 2.93. The van der Waals surface area contributed by atoms with Crippen molar-refractivity contribution in [2.45, 2.75) is 57.4 Å². The quantitative estimate of drug-likeness (QED) is 0.876. The Morgan fingerprint density at radius 1 is 1.13 bits per heavy atom. The highest BCUT2D eigenvalue weighted by molar-refractivity contribution is 5.83. The summed E-state index contributed by atoms with van der Waals surface area (Å²) < 4.78 is 0. The molecule has 1 amide bonds. The topological polar surface area (TPSA) is 66.4 Å². The largest absolute Gasteiger partial charge is 0.481 e. The van der Waals surface area contributed by atoms with Gasteiger partial charge in [-0.25, -0.2) is 0 Å². The Hall–Kier alpha value is -1.84. The molecule has 1 aromatic carbocycles. The molecule has 0 aliphatic heterocycles. The monoisotopic (exact) mass is 315 g/mol. The van der Waals surface area contributed by atoms with E-state index in [1.807, 2.05) is 0 Å². The van der Waals surface area contributed by atoms with Crippen LogP contribution in [0, 0.1) is 11.8 Å². The van der Waals surface area contributed by atoms with Gasteiger partial charge in [-0.15, -0.1) is 0 Å². The Kier molecular flexibility index (Phi) is 4.42. The molecule has 0 bridgehead atoms. The van der Waals surface area contributed by atoms with Crippen LogP contribution in [0.1, 0.15) is 62.5 Å². The summed E-state index contributed by atoms with van der Waals surface area (Å²) in [4.78, 5) is 23.3. The Balaban J connectivity index is 1.52. The van der Waals surface area contributed by atoms with Crippen LogP contribution < -0.4 is 5.32 Å². The third-order valence-electron chi connectivity index (χ3n) is 5.29. The molecule has 124 valence electrons. The van der Waals surface area contributed by atoms with Crippen LogP contribution in [-0.4, -0.2) is 23.0 Å². The van der Waals surface area contributed by atoms with Crippen LogP contribution in [0.15, 0.2) is 24.3 Å². The molecule has 2 aliphatic carbocycles. The molecule has 2 N–H and O–H groups in total. The van der Waals surface area contributed by atoms with Gasteiger partial charge in [0.2, 0.25) is 5.91 Å². The van der Waals surface area contributed by atoms with Gasteiger partial charge in [0.15, 0.2) is 0 Å². The summed E-state index contributed by atoms with van der Waals surface area (Å²) in [7, 11) is 0. The molecule has 0 spiro atoms. The van der Waals surface area contributed by atoms with Crippen LogP contribution in [0.4, 0.5) is 0 Å². The number of rotatable bonds is 5. The molecule has 23 heavy (non-hydrogen) atoms. The number of carboxylic acid groups (broad SMARTS) is 1. The highest BCUT2D eigenvalue weighted by Gasteiger charge is 2.45. The molecule has 0 saturated heterocycles. The van der Waals surface area contributed by atoms with Gasteiger partial charge < -0.3 is 10.4 Å². The van der Waals surface area contributed by atoms with Crippen molar-refractivity contribution in [1.29, 1.82) is 0 Å². The van der Waals surface area contributed by atoms with E-state index in [4.69, 9.17) is 5.11 Å². The van der Waals surface area contributed by atoms with Gasteiger partial charge >= 0.3 is 5.97 Å². The van der Waals surface area contributed by atoms with Gasteiger partial charge in [-0.1, -0.05) is 38.1 Å². The van der Waals surface area contributed by atoms with Gasteiger partial charge in [-0.2, -0.15) is 0 Å². The number of benzene rings is 1. The number of amides is 1. The van der Waals surface area contributed by atoms with Crippen LogP contribution in [0.5, 0.6) is 0 Å². The number of carbonyl (C=O) groups excluding carboxylic acids is 1. The van der Waals surface area contributed by atoms with Crippen molar-refractivity contribution in [3.8, 4) is 0 Å². The van der Waals surface area contributed by atoms with E-state index >= 15 is 0 Å². The summed E-state index contributed by atoms with van der Waals surface area (Å²) in [5.41, 5.74) is 2.56. The van der Waals surface area contributed by atoms with Gasteiger partial charge in [-0.3, -0.25) is 9.59 Å². The number of aliphatic carboxylic acids is 1. The molecule has 0 aromatic heterocycles. The SMILES string of the molecule is CC(C)c1ccc(C2CC2C(=O)N[C@H]2CC[C@@H](C(=O)O)C2)cc1. The number of hydrogen-bond acceptors (Lipinski definition) is 2. The zero-order chi connectivity index (χ0) is 16.6. The normalized spacial score (nSPS) is 29.5. The third kappa shape index (κ3) is 3.57. The first kappa shape index (κ1) is 16.0. The van der Waals surface area contributed by atoms with Gasteiger partial charge in [0.1, 0.15) is 0 Å². The Bertz CT molecular complexity index is 593. The fourth-order valence-corrected chi connectivity index (χ4v) is 3.63. The molecule has 2 aliphatic rings. The van der Waals surface area contributed by atoms with Crippen molar-refractivity contribution in [3.05, 3.63) is 35.4 Å². The number of carboxylic acids is 1. The summed E-state index contributed by atoms with van der Waals surface area (Å²) in [5.74, 6) is -0.0299. The lowest BCUT2D eigenvalue weighted by molar-refractivity contribution is -0.141. The molecule has 0 radical (unpaired) electrons. The molecule has 2 saturated carbocycles. The smallest absolute Gasteiger partial charge is 0.306 e. The molecule has 0 heterocycles. The summed E-state index contributed by atoms with van der Waals surface area (Å²) in [5, 5.41) is 12.1. The zero-order valence-corrected chi connectivity index (χ0v) is 13.8. The van der Waals surface area contributed by atoms with Crippen molar-refractivity contribution in [1.82, 2.24) is 5.32 Å². The summed E-state index contributed by atoms with van der Waals surface area (Å²) in [6.45, 7) is 4.35. The van der Waals surface area contributed by atoms with E-state index < -0.39 is 5.97 Å². The standard InChI is InChI=1S/C19H25NO3/c1-11(2)12-3-5-13(6-4-12)16-10-17(16)18(21)20-15-8-7-14(9-15)19(22)23/h3-6,11,14-17H,7-10H2,1-2H3,(H,20,21)(H,22,23)/t14-,15+,16?,17?/m1/s1. The van der Waals surface area contributed by atoms with Crippen LogP contribution >= 0.6 is 0 Å². The van der Waals surface area contributed by atoms with E-state index in [1.54, 1.807) is 0 Å². The van der Waals surface area contributed by atoms with E-state index in [9.17, 15) is 9.59 Å². The first-order valence-corrected chi connectivity index (χ1v) is 8.58. The molecule has 2 unspecified atom stereocenters. The fraction of sp³-hybridized carbons (Fsp3) is 0.579. The van der Waals surface area contributed by atoms with Crippen LogP contribution in [-0.2, 0) is 9.59 Å². The van der Waals surface area contributed by atoms with Crippen LogP contribution in [0.3, 0.4) is 0 Å². The number of hydrogen-bond donors (Lipinski definition) is 2. The molecule has 3 rings (SSSR count). The molecular weight excluding hydrogens is 290 g/mol. The predicted octanol–water partition coefficient (Wildman–Crippen LogP) is 3.28. The Morgan fingerprint density at radius 2 is 1.83 bits per heavy atom. The average Bonchev–Trinajstić information content (AvgIpc) is 3.19. The lowest BCUT2D eigenvalue weighted by atomic mass is 10.00. The van der Waals surface area contributed by atoms with Crippen molar-refractivity contribution in [3.63, 3.8) is 0 Å². The van der Waals surface area contributed by atoms with Crippen molar-refractivity contribution < 1.29 is 14.7 Å². The van der Waals surface area contributed by atoms with E-state index in [2.05, 4.69) is 43.4 Å². The van der Waals surface area contributed by atoms with Crippen molar-refractivity contribution >= 4 is 11.9 Å². The molecule has 4 heteroatoms. The minimum Gasteiger partial charge on any atom is -0.481 e. The second kappa shape index (κ2) is 6.34. The Labute approximate surface area is 137 Å². The number of nitrogens with one attached hydrogen (secondary N) is 1. The van der Waals surface area contributed by atoms with Crippen LogP contribution in [0.25, 0.3) is 0 Å².